The van der Waals surface area contributed by atoms with Gasteiger partial charge in [-0.05, 0) is 94.9 Å². The smallest absolute Gasteiger partial charge is 0.122 e. The van der Waals surface area contributed by atoms with Gasteiger partial charge in [-0.2, -0.15) is 0 Å². The van der Waals surface area contributed by atoms with E-state index in [2.05, 4.69) is 84.2 Å². The highest BCUT2D eigenvalue weighted by molar-refractivity contribution is 5.75. The van der Waals surface area contributed by atoms with E-state index < -0.39 is 0 Å². The first-order valence-corrected chi connectivity index (χ1v) is 15.4. The third-order valence-corrected chi connectivity index (χ3v) is 8.02. The van der Waals surface area contributed by atoms with Crippen molar-refractivity contribution in [2.75, 3.05) is 20.3 Å². The molecule has 0 saturated heterocycles. The second-order valence-corrected chi connectivity index (χ2v) is 10.9. The Balaban J connectivity index is 0.000000130. The third kappa shape index (κ3) is 7.84. The van der Waals surface area contributed by atoms with Crippen molar-refractivity contribution in [1.29, 1.82) is 0 Å². The first-order chi connectivity index (χ1) is 21.7. The van der Waals surface area contributed by atoms with Crippen LogP contribution in [0.3, 0.4) is 0 Å². The zero-order valence-corrected chi connectivity index (χ0v) is 25.3. The molecule has 1 atom stereocenters. The maximum absolute atomic E-state index is 9.13. The largest absolute Gasteiger partial charge is 0.508 e. The van der Waals surface area contributed by atoms with Crippen LogP contribution in [0.2, 0.25) is 0 Å². The van der Waals surface area contributed by atoms with Crippen molar-refractivity contribution in [2.24, 2.45) is 0 Å². The van der Waals surface area contributed by atoms with Crippen molar-refractivity contribution >= 4 is 12.2 Å². The molecule has 0 saturated carbocycles. The van der Waals surface area contributed by atoms with Gasteiger partial charge in [0.2, 0.25) is 0 Å². The van der Waals surface area contributed by atoms with E-state index in [1.807, 2.05) is 42.5 Å². The van der Waals surface area contributed by atoms with Crippen LogP contribution in [0.25, 0.3) is 23.3 Å². The molecule has 224 valence electrons. The minimum Gasteiger partial charge on any atom is -0.508 e. The van der Waals surface area contributed by atoms with Gasteiger partial charge in [0.1, 0.15) is 11.5 Å². The average Bonchev–Trinajstić information content (AvgIpc) is 3.10. The Morgan fingerprint density at radius 1 is 0.659 bits per heavy atom. The lowest BCUT2D eigenvalue weighted by Crippen LogP contribution is -2.33. The van der Waals surface area contributed by atoms with Crippen molar-refractivity contribution < 1.29 is 14.9 Å². The van der Waals surface area contributed by atoms with Crippen molar-refractivity contribution in [1.82, 2.24) is 5.32 Å². The van der Waals surface area contributed by atoms with Crippen LogP contribution in [0, 0.1) is 0 Å². The van der Waals surface area contributed by atoms with E-state index in [0.29, 0.717) is 11.8 Å². The molecular weight excluding hydrogens is 542 g/mol. The molecule has 3 aliphatic rings. The quantitative estimate of drug-likeness (QED) is 0.183. The van der Waals surface area contributed by atoms with E-state index in [1.165, 1.54) is 34.2 Å². The molecule has 3 N–H and O–H groups in total. The van der Waals surface area contributed by atoms with E-state index in [9.17, 15) is 0 Å². The first kappa shape index (κ1) is 30.8. The number of phenolic OH excluding ortho intramolecular Hbond substituents is 1. The lowest BCUT2D eigenvalue weighted by molar-refractivity contribution is 0.287. The van der Waals surface area contributed by atoms with Gasteiger partial charge in [0.25, 0.3) is 0 Å². The number of benzene rings is 5. The number of fused-ring (bicyclic) bond motifs is 3. The number of hydrogen-bond acceptors (Lipinski definition) is 4. The molecule has 4 heteroatoms. The Bertz CT molecular complexity index is 1610. The summed E-state index contributed by atoms with van der Waals surface area (Å²) in [7, 11) is 1.00. The Labute approximate surface area is 261 Å². The zero-order chi connectivity index (χ0) is 30.6. The molecule has 0 radical (unpaired) electrons. The van der Waals surface area contributed by atoms with Crippen LogP contribution in [0.1, 0.15) is 45.8 Å². The second kappa shape index (κ2) is 15.7. The SMILES string of the molecule is C(=C\c1ccccc1)/c1ccccc1.CO.Oc1ccc2c(c1)CCCO2.c1ccc2c(c1)CC1NCCc3cccc-2c31. The summed E-state index contributed by atoms with van der Waals surface area (Å²) in [5, 5.41) is 19.8. The molecule has 2 heterocycles. The molecule has 0 spiro atoms. The molecule has 2 aliphatic heterocycles. The number of nitrogens with one attached hydrogen (secondary N) is 1. The monoisotopic (exact) mass is 583 g/mol. The summed E-state index contributed by atoms with van der Waals surface area (Å²) in [6.07, 6.45) is 8.62. The van der Waals surface area contributed by atoms with Gasteiger partial charge in [0.15, 0.2) is 0 Å². The minimum absolute atomic E-state index is 0.328. The average molecular weight is 584 g/mol. The summed E-state index contributed by atoms with van der Waals surface area (Å²) in [6.45, 7) is 1.92. The van der Waals surface area contributed by atoms with E-state index >= 15 is 0 Å². The Kier molecular flexibility index (Phi) is 11.0. The van der Waals surface area contributed by atoms with Gasteiger partial charge in [-0.15, -0.1) is 0 Å². The van der Waals surface area contributed by atoms with E-state index in [4.69, 9.17) is 14.9 Å². The topological polar surface area (TPSA) is 61.7 Å². The summed E-state index contributed by atoms with van der Waals surface area (Å²) in [5.41, 5.74) is 11.0. The number of hydrogen-bond donors (Lipinski definition) is 3. The van der Waals surface area contributed by atoms with E-state index in [0.717, 1.165) is 50.8 Å². The minimum atomic E-state index is 0.328. The van der Waals surface area contributed by atoms with Crippen LogP contribution >= 0.6 is 0 Å². The maximum atomic E-state index is 9.13. The van der Waals surface area contributed by atoms with E-state index in [1.54, 1.807) is 23.3 Å². The molecular formula is C40H41NO3. The Morgan fingerprint density at radius 3 is 2.02 bits per heavy atom. The first-order valence-electron chi connectivity index (χ1n) is 15.4. The second-order valence-electron chi connectivity index (χ2n) is 10.9. The number of phenols is 1. The van der Waals surface area contributed by atoms with Gasteiger partial charge < -0.3 is 20.3 Å². The fourth-order valence-electron chi connectivity index (χ4n) is 5.98. The fourth-order valence-corrected chi connectivity index (χ4v) is 5.98. The molecule has 1 aliphatic carbocycles. The number of aliphatic hydroxyl groups excluding tert-OH is 1. The van der Waals surface area contributed by atoms with Crippen molar-refractivity contribution in [3.8, 4) is 22.6 Å². The fraction of sp³-hybridized carbons (Fsp3) is 0.200. The number of rotatable bonds is 2. The molecule has 5 aromatic rings. The number of aryl methyl sites for hydroxylation is 1. The molecule has 5 aromatic carbocycles. The summed E-state index contributed by atoms with van der Waals surface area (Å²) < 4.78 is 5.37. The van der Waals surface area contributed by atoms with Crippen molar-refractivity contribution in [3.05, 3.63) is 155 Å². The molecule has 1 unspecified atom stereocenters. The van der Waals surface area contributed by atoms with Gasteiger partial charge in [0.05, 0.1) is 6.61 Å². The van der Waals surface area contributed by atoms with Crippen LogP contribution in [0.15, 0.2) is 121 Å². The molecule has 0 aromatic heterocycles. The number of aromatic hydroxyl groups is 1. The van der Waals surface area contributed by atoms with Crippen LogP contribution in [0.5, 0.6) is 11.5 Å². The molecule has 4 nitrogen and oxygen atoms in total. The van der Waals surface area contributed by atoms with Gasteiger partial charge in [0, 0.05) is 13.2 Å². The number of aliphatic hydroxyl groups is 1. The van der Waals surface area contributed by atoms with Crippen LogP contribution in [0.4, 0.5) is 0 Å². The lowest BCUT2D eigenvalue weighted by atomic mass is 9.78. The molecule has 44 heavy (non-hydrogen) atoms. The highest BCUT2D eigenvalue weighted by Gasteiger charge is 2.28. The van der Waals surface area contributed by atoms with Gasteiger partial charge in [-0.25, -0.2) is 0 Å². The predicted molar refractivity (Wildman–Crippen MR) is 182 cm³/mol. The third-order valence-electron chi connectivity index (χ3n) is 8.02. The predicted octanol–water partition coefficient (Wildman–Crippen LogP) is 8.28. The Hall–Kier alpha value is -4.64. The van der Waals surface area contributed by atoms with Crippen molar-refractivity contribution in [2.45, 2.75) is 31.7 Å². The van der Waals surface area contributed by atoms with E-state index in [-0.39, 0.29) is 0 Å². The Morgan fingerprint density at radius 2 is 1.30 bits per heavy atom. The van der Waals surface area contributed by atoms with Crippen LogP contribution in [-0.2, 0) is 19.3 Å². The van der Waals surface area contributed by atoms with Crippen LogP contribution < -0.4 is 10.1 Å². The highest BCUT2D eigenvalue weighted by atomic mass is 16.5. The normalized spacial score (nSPS) is 15.3. The summed E-state index contributed by atoms with van der Waals surface area (Å²) in [6, 6.07) is 42.0. The summed E-state index contributed by atoms with van der Waals surface area (Å²) in [4.78, 5) is 0. The van der Waals surface area contributed by atoms with Crippen molar-refractivity contribution in [3.63, 3.8) is 0 Å². The highest BCUT2D eigenvalue weighted by Crippen LogP contribution is 2.41. The molecule has 0 bridgehead atoms. The number of ether oxygens (including phenoxy) is 1. The zero-order valence-electron chi connectivity index (χ0n) is 25.3. The standard InChI is InChI=1S/C16H15N.C14H12.C9H10O2.CH4O/c1-2-6-13-12(4-1)10-15-16-11(8-9-17-15)5-3-7-14(13)16;1-3-7-13(8-4-1)11-12-14-9-5-2-6-10-14;10-8-3-4-9-7(6-8)2-1-5-11-9;1-2/h1-7,15,17H,8-10H2;1-12H;3-4,6,10H,1-2,5H2;2H,1H3/b;12-11+;;. The summed E-state index contributed by atoms with van der Waals surface area (Å²) in [5.74, 6) is 1.25. The molecule has 0 amide bonds. The van der Waals surface area contributed by atoms with Gasteiger partial charge in [-0.3, -0.25) is 0 Å². The van der Waals surface area contributed by atoms with Gasteiger partial charge >= 0.3 is 0 Å². The summed E-state index contributed by atoms with van der Waals surface area (Å²) >= 11 is 0. The maximum Gasteiger partial charge on any atom is 0.122 e. The van der Waals surface area contributed by atoms with Crippen LogP contribution in [-0.4, -0.2) is 30.5 Å². The lowest BCUT2D eigenvalue weighted by Gasteiger charge is -2.34. The molecule has 8 rings (SSSR count). The van der Waals surface area contributed by atoms with Gasteiger partial charge in [-0.1, -0.05) is 115 Å². The molecule has 0 fully saturated rings.